The van der Waals surface area contributed by atoms with Crippen molar-refractivity contribution >= 4 is 39.0 Å². The summed E-state index contributed by atoms with van der Waals surface area (Å²) in [5.41, 5.74) is 7.31. The van der Waals surface area contributed by atoms with Gasteiger partial charge in [0.2, 0.25) is 10.0 Å². The number of anilines is 1. The van der Waals surface area contributed by atoms with Gasteiger partial charge in [-0.05, 0) is 56.7 Å². The summed E-state index contributed by atoms with van der Waals surface area (Å²) in [6, 6.07) is 2.66. The summed E-state index contributed by atoms with van der Waals surface area (Å²) < 4.78 is 43.3. The van der Waals surface area contributed by atoms with E-state index in [2.05, 4.69) is 0 Å². The number of sulfonamides is 1. The zero-order valence-electron chi connectivity index (χ0n) is 18.3. The van der Waals surface area contributed by atoms with Crippen molar-refractivity contribution in [2.75, 3.05) is 32.1 Å². The minimum atomic E-state index is -3.94. The fraction of sp³-hybridized carbons (Fsp3) is 0.571. The van der Waals surface area contributed by atoms with Crippen molar-refractivity contribution in [3.8, 4) is 0 Å². The van der Waals surface area contributed by atoms with E-state index in [1.54, 1.807) is 4.57 Å². The summed E-state index contributed by atoms with van der Waals surface area (Å²) in [4.78, 5) is 15.0. The third kappa shape index (κ3) is 3.97. The molecule has 7 nitrogen and oxygen atoms in total. The largest absolute Gasteiger partial charge is 0.369 e. The Hall–Kier alpha value is -1.68. The van der Waals surface area contributed by atoms with Crippen molar-refractivity contribution in [3.05, 3.63) is 33.9 Å². The average molecular weight is 473 g/mol. The monoisotopic (exact) mass is 472 g/mol. The smallest absolute Gasteiger partial charge is 0.271 e. The van der Waals surface area contributed by atoms with E-state index in [0.29, 0.717) is 35.2 Å². The molecule has 2 atom stereocenters. The second-order valence-corrected chi connectivity index (χ2v) is 10.9. The van der Waals surface area contributed by atoms with Crippen LogP contribution in [-0.4, -0.2) is 50.5 Å². The molecule has 172 valence electrons. The van der Waals surface area contributed by atoms with E-state index in [4.69, 9.17) is 5.73 Å². The van der Waals surface area contributed by atoms with Gasteiger partial charge in [0.1, 0.15) is 10.7 Å². The molecule has 31 heavy (non-hydrogen) atoms. The molecule has 10 heteroatoms. The number of hydrogen-bond donors (Lipinski definition) is 1. The summed E-state index contributed by atoms with van der Waals surface area (Å²) in [5, 5.41) is 0.434. The Morgan fingerprint density at radius 1 is 1.23 bits per heavy atom. The number of hydrogen-bond acceptors (Lipinski definition) is 5. The minimum absolute atomic E-state index is 0. The molecule has 0 bridgehead atoms. The van der Waals surface area contributed by atoms with E-state index in [1.807, 2.05) is 18.7 Å². The van der Waals surface area contributed by atoms with Crippen molar-refractivity contribution in [2.45, 2.75) is 50.1 Å². The van der Waals surface area contributed by atoms with E-state index in [0.717, 1.165) is 23.6 Å². The van der Waals surface area contributed by atoms with Crippen LogP contribution in [0, 0.1) is 18.7 Å². The molecule has 2 N–H and O–H groups in total. The number of nitrogens with two attached hydrogens (primary N) is 1. The second kappa shape index (κ2) is 8.35. The van der Waals surface area contributed by atoms with Gasteiger partial charge in [0.05, 0.1) is 11.2 Å². The van der Waals surface area contributed by atoms with Crippen molar-refractivity contribution in [3.63, 3.8) is 0 Å². The molecule has 1 saturated heterocycles. The van der Waals surface area contributed by atoms with Gasteiger partial charge in [0.15, 0.2) is 0 Å². The molecule has 4 rings (SSSR count). The summed E-state index contributed by atoms with van der Waals surface area (Å²) in [5.74, 6) is -0.114. The maximum atomic E-state index is 15.3. The predicted octanol–water partition coefficient (Wildman–Crippen LogP) is 2.63. The molecule has 1 unspecified atom stereocenters. The Labute approximate surface area is 188 Å². The van der Waals surface area contributed by atoms with Gasteiger partial charge < -0.3 is 15.2 Å². The average Bonchev–Trinajstić information content (AvgIpc) is 3.37. The van der Waals surface area contributed by atoms with Gasteiger partial charge in [-0.2, -0.15) is 0 Å². The standard InChI is InChI=1S/C21H29FN4O3S.ClH/c1-12-19-15(9-17(22)20(12)25-8-7-14(11-25)13(2)23)10-18(30(28,29)24(3)4)21(27)26(19)16-5-6-16;/h9-10,13-14,16H,5-8,11,23H2,1-4H3;1H/t13-,14?;/m0./s1. The first-order valence-corrected chi connectivity index (χ1v) is 11.8. The third-order valence-electron chi connectivity index (χ3n) is 6.40. The van der Waals surface area contributed by atoms with Gasteiger partial charge in [-0.1, -0.05) is 0 Å². The number of rotatable bonds is 5. The maximum absolute atomic E-state index is 15.3. The third-order valence-corrected chi connectivity index (χ3v) is 8.21. The van der Waals surface area contributed by atoms with Gasteiger partial charge in [0, 0.05) is 44.7 Å². The second-order valence-electron chi connectivity index (χ2n) is 8.83. The normalized spacial score (nSPS) is 20.4. The number of aryl methyl sites for hydroxylation is 1. The summed E-state index contributed by atoms with van der Waals surface area (Å²) in [7, 11) is -1.17. The van der Waals surface area contributed by atoms with Gasteiger partial charge in [-0.3, -0.25) is 4.79 Å². The highest BCUT2D eigenvalue weighted by molar-refractivity contribution is 7.89. The quantitative estimate of drug-likeness (QED) is 0.722. The van der Waals surface area contributed by atoms with Crippen LogP contribution in [0.15, 0.2) is 21.8 Å². The summed E-state index contributed by atoms with van der Waals surface area (Å²) in [6.07, 6.45) is 2.51. The molecular weight excluding hydrogens is 443 g/mol. The number of pyridine rings is 1. The van der Waals surface area contributed by atoms with Gasteiger partial charge in [0.25, 0.3) is 5.56 Å². The van der Waals surface area contributed by atoms with Crippen LogP contribution in [-0.2, 0) is 10.0 Å². The van der Waals surface area contributed by atoms with Crippen LogP contribution in [0.4, 0.5) is 10.1 Å². The first kappa shape index (κ1) is 24.0. The molecule has 2 aliphatic rings. The molecule has 0 radical (unpaired) electrons. The van der Waals surface area contributed by atoms with Gasteiger partial charge in [-0.15, -0.1) is 12.4 Å². The van der Waals surface area contributed by atoms with Crippen LogP contribution in [0.25, 0.3) is 10.9 Å². The fourth-order valence-corrected chi connectivity index (χ4v) is 5.49. The lowest BCUT2D eigenvalue weighted by Crippen LogP contribution is -2.33. The first-order valence-electron chi connectivity index (χ1n) is 10.4. The van der Waals surface area contributed by atoms with Crippen LogP contribution >= 0.6 is 12.4 Å². The van der Waals surface area contributed by atoms with Crippen LogP contribution in [0.3, 0.4) is 0 Å². The van der Waals surface area contributed by atoms with Crippen molar-refractivity contribution < 1.29 is 12.8 Å². The molecule has 1 aliphatic heterocycles. The Kier molecular flexibility index (Phi) is 6.46. The molecule has 1 aliphatic carbocycles. The zero-order chi connectivity index (χ0) is 22.0. The topological polar surface area (TPSA) is 88.6 Å². The Morgan fingerprint density at radius 3 is 2.39 bits per heavy atom. The Morgan fingerprint density at radius 2 is 1.87 bits per heavy atom. The SMILES string of the molecule is Cc1c(N2CCC([C@H](C)N)C2)c(F)cc2cc(S(=O)(=O)N(C)C)c(=O)n(C3CC3)c12.Cl. The molecule has 2 heterocycles. The number of nitrogens with zero attached hydrogens (tertiary/aromatic N) is 3. The van der Waals surface area contributed by atoms with Crippen molar-refractivity contribution in [2.24, 2.45) is 11.7 Å². The highest BCUT2D eigenvalue weighted by atomic mass is 35.5. The van der Waals surface area contributed by atoms with E-state index in [9.17, 15) is 13.2 Å². The molecule has 1 aromatic carbocycles. The Bertz CT molecular complexity index is 1180. The van der Waals surface area contributed by atoms with Crippen LogP contribution in [0.2, 0.25) is 0 Å². The maximum Gasteiger partial charge on any atom is 0.271 e. The molecule has 2 aromatic rings. The molecule has 0 spiro atoms. The lowest BCUT2D eigenvalue weighted by Gasteiger charge is -2.25. The lowest BCUT2D eigenvalue weighted by molar-refractivity contribution is 0.487. The molecule has 0 amide bonds. The number of halogens is 2. The highest BCUT2D eigenvalue weighted by Gasteiger charge is 2.34. The first-order chi connectivity index (χ1) is 14.0. The van der Waals surface area contributed by atoms with E-state index >= 15 is 4.39 Å². The lowest BCUT2D eigenvalue weighted by atomic mass is 10.0. The predicted molar refractivity (Wildman–Crippen MR) is 123 cm³/mol. The molecular formula is C21H30ClFN4O3S. The van der Waals surface area contributed by atoms with E-state index < -0.39 is 21.4 Å². The molecule has 2 fully saturated rings. The minimum Gasteiger partial charge on any atom is -0.369 e. The molecule has 1 saturated carbocycles. The van der Waals surface area contributed by atoms with Crippen molar-refractivity contribution in [1.82, 2.24) is 8.87 Å². The van der Waals surface area contributed by atoms with Crippen LogP contribution in [0.1, 0.15) is 37.8 Å². The Balaban J connectivity index is 0.00000272. The van der Waals surface area contributed by atoms with Crippen LogP contribution in [0.5, 0.6) is 0 Å². The fourth-order valence-electron chi connectivity index (χ4n) is 4.50. The van der Waals surface area contributed by atoms with Gasteiger partial charge in [-0.25, -0.2) is 17.1 Å². The highest BCUT2D eigenvalue weighted by Crippen LogP contribution is 2.40. The number of aromatic nitrogens is 1. The zero-order valence-corrected chi connectivity index (χ0v) is 19.9. The number of fused-ring (bicyclic) bond motifs is 1. The van der Waals surface area contributed by atoms with E-state index in [-0.39, 0.29) is 35.3 Å². The summed E-state index contributed by atoms with van der Waals surface area (Å²) >= 11 is 0. The van der Waals surface area contributed by atoms with Crippen molar-refractivity contribution in [1.29, 1.82) is 0 Å². The van der Waals surface area contributed by atoms with E-state index in [1.165, 1.54) is 26.2 Å². The number of benzene rings is 1. The van der Waals surface area contributed by atoms with Gasteiger partial charge >= 0.3 is 0 Å². The summed E-state index contributed by atoms with van der Waals surface area (Å²) in [6.45, 7) is 5.16. The van der Waals surface area contributed by atoms with Crippen LogP contribution < -0.4 is 16.2 Å². The molecule has 1 aromatic heterocycles.